The number of rotatable bonds is 10. The van der Waals surface area contributed by atoms with Gasteiger partial charge in [0.2, 0.25) is 0 Å². The SMILES string of the molecule is CCCC[NH2+]CCCCCOc1ccc(F)cc1. The summed E-state index contributed by atoms with van der Waals surface area (Å²) >= 11 is 0. The molecule has 0 amide bonds. The second-order valence-electron chi connectivity index (χ2n) is 4.58. The molecular weight excluding hydrogens is 229 g/mol. The van der Waals surface area contributed by atoms with Crippen molar-refractivity contribution in [3.63, 3.8) is 0 Å². The predicted octanol–water partition coefficient (Wildman–Crippen LogP) is 2.74. The van der Waals surface area contributed by atoms with Crippen LogP contribution in [0, 0.1) is 5.82 Å². The Morgan fingerprint density at radius 3 is 2.44 bits per heavy atom. The molecule has 3 heteroatoms. The quantitative estimate of drug-likeness (QED) is 0.638. The molecule has 18 heavy (non-hydrogen) atoms. The zero-order valence-corrected chi connectivity index (χ0v) is 11.3. The third-order valence-electron chi connectivity index (χ3n) is 2.90. The first-order valence-corrected chi connectivity index (χ1v) is 7.03. The second kappa shape index (κ2) is 9.89. The van der Waals surface area contributed by atoms with Crippen molar-refractivity contribution in [2.24, 2.45) is 0 Å². The number of quaternary nitrogens is 1. The molecule has 2 N–H and O–H groups in total. The summed E-state index contributed by atoms with van der Waals surface area (Å²) in [7, 11) is 0. The van der Waals surface area contributed by atoms with Crippen molar-refractivity contribution in [3.05, 3.63) is 30.1 Å². The first kappa shape index (κ1) is 15.0. The molecule has 0 aliphatic carbocycles. The molecule has 0 aliphatic heterocycles. The molecule has 1 aromatic carbocycles. The van der Waals surface area contributed by atoms with E-state index in [1.807, 2.05) is 0 Å². The Kier molecular flexibility index (Phi) is 8.23. The van der Waals surface area contributed by atoms with Crippen molar-refractivity contribution in [2.75, 3.05) is 19.7 Å². The normalized spacial score (nSPS) is 10.6. The van der Waals surface area contributed by atoms with Crippen LogP contribution in [-0.4, -0.2) is 19.7 Å². The van der Waals surface area contributed by atoms with E-state index in [1.54, 1.807) is 12.1 Å². The molecule has 0 radical (unpaired) electrons. The maximum Gasteiger partial charge on any atom is 0.123 e. The Hall–Kier alpha value is -1.09. The number of nitrogens with two attached hydrogens (primary N) is 1. The van der Waals surface area contributed by atoms with Crippen LogP contribution >= 0.6 is 0 Å². The van der Waals surface area contributed by atoms with Crippen molar-refractivity contribution in [1.29, 1.82) is 0 Å². The zero-order chi connectivity index (χ0) is 13.1. The molecule has 0 saturated carbocycles. The van der Waals surface area contributed by atoms with Crippen LogP contribution in [-0.2, 0) is 0 Å². The molecule has 0 saturated heterocycles. The van der Waals surface area contributed by atoms with Gasteiger partial charge < -0.3 is 10.1 Å². The first-order chi connectivity index (χ1) is 8.83. The monoisotopic (exact) mass is 254 g/mol. The summed E-state index contributed by atoms with van der Waals surface area (Å²) in [5, 5.41) is 2.39. The van der Waals surface area contributed by atoms with Crippen molar-refractivity contribution < 1.29 is 14.4 Å². The fourth-order valence-corrected chi connectivity index (χ4v) is 1.78. The van der Waals surface area contributed by atoms with Crippen molar-refractivity contribution >= 4 is 0 Å². The highest BCUT2D eigenvalue weighted by molar-refractivity contribution is 5.21. The van der Waals surface area contributed by atoms with Gasteiger partial charge in [0.15, 0.2) is 0 Å². The molecular formula is C15H25FNO+. The number of hydrogen-bond donors (Lipinski definition) is 1. The van der Waals surface area contributed by atoms with Gasteiger partial charge in [0.25, 0.3) is 0 Å². The largest absolute Gasteiger partial charge is 0.494 e. The Morgan fingerprint density at radius 1 is 1.00 bits per heavy atom. The fraction of sp³-hybridized carbons (Fsp3) is 0.600. The first-order valence-electron chi connectivity index (χ1n) is 7.03. The third kappa shape index (κ3) is 7.28. The van der Waals surface area contributed by atoms with Crippen LogP contribution in [0.25, 0.3) is 0 Å². The Bertz CT molecular complexity index is 300. The number of halogens is 1. The van der Waals surface area contributed by atoms with Crippen LogP contribution in [0.1, 0.15) is 39.0 Å². The molecule has 0 spiro atoms. The lowest BCUT2D eigenvalue weighted by molar-refractivity contribution is -0.655. The lowest BCUT2D eigenvalue weighted by atomic mass is 10.2. The summed E-state index contributed by atoms with van der Waals surface area (Å²) in [6.07, 6.45) is 6.11. The van der Waals surface area contributed by atoms with Gasteiger partial charge in [-0.2, -0.15) is 0 Å². The highest BCUT2D eigenvalue weighted by Crippen LogP contribution is 2.11. The number of benzene rings is 1. The Morgan fingerprint density at radius 2 is 1.72 bits per heavy atom. The predicted molar refractivity (Wildman–Crippen MR) is 72.3 cm³/mol. The number of unbranched alkanes of at least 4 members (excludes halogenated alkanes) is 3. The van der Waals surface area contributed by atoms with E-state index in [1.165, 1.54) is 50.9 Å². The molecule has 1 rings (SSSR count). The summed E-state index contributed by atoms with van der Waals surface area (Å²) in [6.45, 7) is 5.42. The average molecular weight is 254 g/mol. The summed E-state index contributed by atoms with van der Waals surface area (Å²) < 4.78 is 18.2. The van der Waals surface area contributed by atoms with Gasteiger partial charge in [0.05, 0.1) is 19.7 Å². The smallest absolute Gasteiger partial charge is 0.123 e. The van der Waals surface area contributed by atoms with Crippen molar-refractivity contribution in [3.8, 4) is 5.75 Å². The van der Waals surface area contributed by atoms with Gasteiger partial charge in [-0.3, -0.25) is 0 Å². The van der Waals surface area contributed by atoms with E-state index in [0.717, 1.165) is 18.8 Å². The summed E-state index contributed by atoms with van der Waals surface area (Å²) in [6, 6.07) is 6.21. The molecule has 0 atom stereocenters. The van der Waals surface area contributed by atoms with Crippen LogP contribution in [0.3, 0.4) is 0 Å². The zero-order valence-electron chi connectivity index (χ0n) is 11.3. The molecule has 0 heterocycles. The fourth-order valence-electron chi connectivity index (χ4n) is 1.78. The van der Waals surface area contributed by atoms with E-state index in [0.29, 0.717) is 0 Å². The van der Waals surface area contributed by atoms with Crippen LogP contribution < -0.4 is 10.1 Å². The molecule has 0 fully saturated rings. The van der Waals surface area contributed by atoms with Crippen molar-refractivity contribution in [1.82, 2.24) is 0 Å². The van der Waals surface area contributed by atoms with Gasteiger partial charge in [-0.25, -0.2) is 4.39 Å². The Balaban J connectivity index is 1.91. The topological polar surface area (TPSA) is 25.8 Å². The number of ether oxygens (including phenoxy) is 1. The van der Waals surface area contributed by atoms with E-state index < -0.39 is 0 Å². The number of hydrogen-bond acceptors (Lipinski definition) is 1. The van der Waals surface area contributed by atoms with Gasteiger partial charge in [-0.15, -0.1) is 0 Å². The van der Waals surface area contributed by atoms with Gasteiger partial charge >= 0.3 is 0 Å². The van der Waals surface area contributed by atoms with E-state index in [2.05, 4.69) is 12.2 Å². The summed E-state index contributed by atoms with van der Waals surface area (Å²) in [5.41, 5.74) is 0. The summed E-state index contributed by atoms with van der Waals surface area (Å²) in [4.78, 5) is 0. The van der Waals surface area contributed by atoms with Gasteiger partial charge in [-0.1, -0.05) is 13.3 Å². The van der Waals surface area contributed by atoms with Crippen LogP contribution in [0.2, 0.25) is 0 Å². The van der Waals surface area contributed by atoms with Crippen molar-refractivity contribution in [2.45, 2.75) is 39.0 Å². The van der Waals surface area contributed by atoms with E-state index in [-0.39, 0.29) is 5.82 Å². The minimum absolute atomic E-state index is 0.218. The molecule has 102 valence electrons. The second-order valence-corrected chi connectivity index (χ2v) is 4.58. The van der Waals surface area contributed by atoms with E-state index in [9.17, 15) is 4.39 Å². The van der Waals surface area contributed by atoms with E-state index >= 15 is 0 Å². The average Bonchev–Trinajstić information content (AvgIpc) is 2.39. The van der Waals surface area contributed by atoms with Gasteiger partial charge in [0, 0.05) is 0 Å². The molecule has 0 aliphatic rings. The molecule has 1 aromatic rings. The van der Waals surface area contributed by atoms with Gasteiger partial charge in [0.1, 0.15) is 11.6 Å². The minimum atomic E-state index is -0.218. The van der Waals surface area contributed by atoms with Crippen LogP contribution in [0.5, 0.6) is 5.75 Å². The summed E-state index contributed by atoms with van der Waals surface area (Å²) in [5.74, 6) is 0.538. The molecule has 0 aromatic heterocycles. The maximum atomic E-state index is 12.6. The lowest BCUT2D eigenvalue weighted by Gasteiger charge is -2.05. The third-order valence-corrected chi connectivity index (χ3v) is 2.90. The molecule has 0 unspecified atom stereocenters. The minimum Gasteiger partial charge on any atom is -0.494 e. The molecule has 0 bridgehead atoms. The molecule has 2 nitrogen and oxygen atoms in total. The van der Waals surface area contributed by atoms with Gasteiger partial charge in [-0.05, 0) is 49.9 Å². The lowest BCUT2D eigenvalue weighted by Crippen LogP contribution is -2.84. The van der Waals surface area contributed by atoms with E-state index in [4.69, 9.17) is 4.74 Å². The standard InChI is InChI=1S/C15H24FNO/c1-2-3-11-17-12-5-4-6-13-18-15-9-7-14(16)8-10-15/h7-10,17H,2-6,11-13H2,1H3/p+1. The highest BCUT2D eigenvalue weighted by atomic mass is 19.1. The Labute approximate surface area is 110 Å². The van der Waals surface area contributed by atoms with Crippen LogP contribution in [0.15, 0.2) is 24.3 Å². The van der Waals surface area contributed by atoms with Crippen LogP contribution in [0.4, 0.5) is 4.39 Å². The maximum absolute atomic E-state index is 12.6. The highest BCUT2D eigenvalue weighted by Gasteiger charge is 1.96.